The first kappa shape index (κ1) is 20.5. The molecule has 0 aliphatic heterocycles. The van der Waals surface area contributed by atoms with Gasteiger partial charge in [-0.1, -0.05) is 0 Å². The Kier molecular flexibility index (Phi) is 7.66. The van der Waals surface area contributed by atoms with Crippen molar-refractivity contribution in [2.45, 2.75) is 17.9 Å². The van der Waals surface area contributed by atoms with Crippen LogP contribution in [0.2, 0.25) is 0 Å². The summed E-state index contributed by atoms with van der Waals surface area (Å²) in [5, 5.41) is 2.69. The smallest absolute Gasteiger partial charge is 0.237 e. The van der Waals surface area contributed by atoms with E-state index in [9.17, 15) is 4.79 Å². The summed E-state index contributed by atoms with van der Waals surface area (Å²) in [5.41, 5.74) is 1.72. The molecular formula is C19H22BrNO4S. The normalized spacial score (nSPS) is 11.6. The van der Waals surface area contributed by atoms with Gasteiger partial charge < -0.3 is 19.5 Å². The molecule has 0 unspecified atom stereocenters. The first-order valence-electron chi connectivity index (χ1n) is 7.95. The Hall–Kier alpha value is -1.86. The van der Waals surface area contributed by atoms with Gasteiger partial charge in [0.05, 0.1) is 31.1 Å². The van der Waals surface area contributed by atoms with Gasteiger partial charge in [-0.05, 0) is 59.3 Å². The van der Waals surface area contributed by atoms with E-state index in [2.05, 4.69) is 21.2 Å². The summed E-state index contributed by atoms with van der Waals surface area (Å²) in [6.07, 6.45) is 0. The van der Waals surface area contributed by atoms with E-state index < -0.39 is 0 Å². The number of hydrogen-bond donors (Lipinski definition) is 1. The van der Waals surface area contributed by atoms with Crippen LogP contribution >= 0.6 is 27.7 Å². The van der Waals surface area contributed by atoms with Crippen LogP contribution in [-0.2, 0) is 10.5 Å². The van der Waals surface area contributed by atoms with Gasteiger partial charge in [-0.2, -0.15) is 0 Å². The second-order valence-electron chi connectivity index (χ2n) is 5.47. The van der Waals surface area contributed by atoms with Crippen LogP contribution in [0.15, 0.2) is 40.9 Å². The lowest BCUT2D eigenvalue weighted by molar-refractivity contribution is -0.115. The SMILES string of the molecule is COc1ccc(NC(=O)[C@H](C)SCc2cc(OC)c(Br)cc2OC)cc1. The van der Waals surface area contributed by atoms with Crippen molar-refractivity contribution in [3.8, 4) is 17.2 Å². The van der Waals surface area contributed by atoms with Crippen LogP contribution < -0.4 is 19.5 Å². The first-order chi connectivity index (χ1) is 12.5. The third-order valence-corrected chi connectivity index (χ3v) is 5.58. The quantitative estimate of drug-likeness (QED) is 0.643. The minimum Gasteiger partial charge on any atom is -0.497 e. The van der Waals surface area contributed by atoms with Crippen LogP contribution in [0.25, 0.3) is 0 Å². The van der Waals surface area contributed by atoms with Crippen molar-refractivity contribution in [1.29, 1.82) is 0 Å². The van der Waals surface area contributed by atoms with Gasteiger partial charge in [0.15, 0.2) is 0 Å². The standard InChI is InChI=1S/C19H22BrNO4S/c1-12(19(22)21-14-5-7-15(23-2)8-6-14)26-11-13-9-18(25-4)16(20)10-17(13)24-3/h5-10,12H,11H2,1-4H3,(H,21,22)/t12-/m0/s1. The second kappa shape index (κ2) is 9.73. The van der Waals surface area contributed by atoms with Crippen LogP contribution in [-0.4, -0.2) is 32.5 Å². The summed E-state index contributed by atoms with van der Waals surface area (Å²) in [5.74, 6) is 2.82. The van der Waals surface area contributed by atoms with Crippen molar-refractivity contribution in [3.63, 3.8) is 0 Å². The number of rotatable bonds is 8. The molecule has 2 aromatic carbocycles. The number of methoxy groups -OCH3 is 3. The van der Waals surface area contributed by atoms with E-state index in [1.807, 2.05) is 43.3 Å². The maximum atomic E-state index is 12.4. The predicted octanol–water partition coefficient (Wildman–Crippen LogP) is 4.74. The second-order valence-corrected chi connectivity index (χ2v) is 7.65. The fourth-order valence-electron chi connectivity index (χ4n) is 2.25. The largest absolute Gasteiger partial charge is 0.497 e. The molecule has 5 nitrogen and oxygen atoms in total. The number of nitrogens with one attached hydrogen (secondary N) is 1. The number of amides is 1. The van der Waals surface area contributed by atoms with Gasteiger partial charge in [0.2, 0.25) is 5.91 Å². The van der Waals surface area contributed by atoms with E-state index in [0.29, 0.717) is 5.75 Å². The van der Waals surface area contributed by atoms with E-state index in [1.54, 1.807) is 21.3 Å². The molecule has 0 heterocycles. The molecular weight excluding hydrogens is 418 g/mol. The molecule has 1 atom stereocenters. The lowest BCUT2D eigenvalue weighted by Gasteiger charge is -2.15. The van der Waals surface area contributed by atoms with E-state index in [4.69, 9.17) is 14.2 Å². The van der Waals surface area contributed by atoms with Gasteiger partial charge in [-0.3, -0.25) is 4.79 Å². The third-order valence-electron chi connectivity index (χ3n) is 3.77. The highest BCUT2D eigenvalue weighted by molar-refractivity contribution is 9.10. The van der Waals surface area contributed by atoms with E-state index in [-0.39, 0.29) is 11.2 Å². The Morgan fingerprint density at radius 2 is 1.73 bits per heavy atom. The number of carbonyl (C=O) groups excluding carboxylic acids is 1. The average molecular weight is 440 g/mol. The van der Waals surface area contributed by atoms with Gasteiger partial charge in [-0.15, -0.1) is 11.8 Å². The van der Waals surface area contributed by atoms with E-state index in [1.165, 1.54) is 11.8 Å². The molecule has 2 aromatic rings. The van der Waals surface area contributed by atoms with Gasteiger partial charge in [0.1, 0.15) is 17.2 Å². The number of benzene rings is 2. The predicted molar refractivity (Wildman–Crippen MR) is 110 cm³/mol. The molecule has 0 saturated heterocycles. The third kappa shape index (κ3) is 5.32. The molecule has 0 fully saturated rings. The lowest BCUT2D eigenvalue weighted by atomic mass is 10.2. The minimum atomic E-state index is -0.226. The van der Waals surface area contributed by atoms with Crippen molar-refractivity contribution in [3.05, 3.63) is 46.4 Å². The Morgan fingerprint density at radius 1 is 1.08 bits per heavy atom. The highest BCUT2D eigenvalue weighted by Crippen LogP contribution is 2.35. The van der Waals surface area contributed by atoms with Gasteiger partial charge in [0.25, 0.3) is 0 Å². The van der Waals surface area contributed by atoms with Crippen molar-refractivity contribution in [2.24, 2.45) is 0 Å². The minimum absolute atomic E-state index is 0.0526. The monoisotopic (exact) mass is 439 g/mol. The van der Waals surface area contributed by atoms with Crippen molar-refractivity contribution in [2.75, 3.05) is 26.6 Å². The van der Waals surface area contributed by atoms with E-state index in [0.717, 1.165) is 33.0 Å². The number of anilines is 1. The summed E-state index contributed by atoms with van der Waals surface area (Å²) in [6.45, 7) is 1.88. The molecule has 1 N–H and O–H groups in total. The van der Waals surface area contributed by atoms with Crippen molar-refractivity contribution in [1.82, 2.24) is 0 Å². The van der Waals surface area contributed by atoms with Crippen molar-refractivity contribution < 1.29 is 19.0 Å². The Bertz CT molecular complexity index is 752. The van der Waals surface area contributed by atoms with Crippen LogP contribution in [0.4, 0.5) is 5.69 Å². The lowest BCUT2D eigenvalue weighted by Crippen LogP contribution is -2.22. The molecule has 0 radical (unpaired) electrons. The maximum absolute atomic E-state index is 12.4. The molecule has 0 spiro atoms. The molecule has 26 heavy (non-hydrogen) atoms. The van der Waals surface area contributed by atoms with Gasteiger partial charge >= 0.3 is 0 Å². The van der Waals surface area contributed by atoms with E-state index >= 15 is 0 Å². The topological polar surface area (TPSA) is 56.8 Å². The molecule has 0 saturated carbocycles. The summed E-state index contributed by atoms with van der Waals surface area (Å²) >= 11 is 4.98. The maximum Gasteiger partial charge on any atom is 0.237 e. The first-order valence-corrected chi connectivity index (χ1v) is 9.79. The zero-order valence-corrected chi connectivity index (χ0v) is 17.6. The Labute approximate surface area is 166 Å². The van der Waals surface area contributed by atoms with Gasteiger partial charge in [0, 0.05) is 17.0 Å². The zero-order valence-electron chi connectivity index (χ0n) is 15.2. The number of thioether (sulfide) groups is 1. The summed E-state index contributed by atoms with van der Waals surface area (Å²) in [7, 11) is 4.86. The Balaban J connectivity index is 1.98. The molecule has 0 bridgehead atoms. The average Bonchev–Trinajstić information content (AvgIpc) is 2.66. The fourth-order valence-corrected chi connectivity index (χ4v) is 3.59. The van der Waals surface area contributed by atoms with Crippen LogP contribution in [0.5, 0.6) is 17.2 Å². The molecule has 140 valence electrons. The fraction of sp³-hybridized carbons (Fsp3) is 0.316. The zero-order chi connectivity index (χ0) is 19.1. The number of halogens is 1. The highest BCUT2D eigenvalue weighted by atomic mass is 79.9. The molecule has 0 aliphatic rings. The molecule has 0 aliphatic carbocycles. The number of carbonyl (C=O) groups is 1. The highest BCUT2D eigenvalue weighted by Gasteiger charge is 2.16. The van der Waals surface area contributed by atoms with Crippen LogP contribution in [0.3, 0.4) is 0 Å². The molecule has 7 heteroatoms. The summed E-state index contributed by atoms with van der Waals surface area (Å²) in [4.78, 5) is 12.4. The van der Waals surface area contributed by atoms with Crippen molar-refractivity contribution >= 4 is 39.3 Å². The number of hydrogen-bond acceptors (Lipinski definition) is 5. The van der Waals surface area contributed by atoms with Crippen LogP contribution in [0, 0.1) is 0 Å². The molecule has 0 aromatic heterocycles. The molecule has 1 amide bonds. The number of ether oxygens (including phenoxy) is 3. The summed E-state index contributed by atoms with van der Waals surface area (Å²) < 4.78 is 16.7. The Morgan fingerprint density at radius 3 is 2.31 bits per heavy atom. The van der Waals surface area contributed by atoms with Gasteiger partial charge in [-0.25, -0.2) is 0 Å². The summed E-state index contributed by atoms with van der Waals surface area (Å²) in [6, 6.07) is 11.0. The van der Waals surface area contributed by atoms with Crippen LogP contribution in [0.1, 0.15) is 12.5 Å². The molecule has 2 rings (SSSR count).